The Bertz CT molecular complexity index is 894. The molecule has 1 N–H and O–H groups in total. The van der Waals surface area contributed by atoms with Crippen LogP contribution in [0.15, 0.2) is 50.7 Å². The fourth-order valence-corrected chi connectivity index (χ4v) is 4.50. The van der Waals surface area contributed by atoms with Crippen molar-refractivity contribution in [1.29, 1.82) is 0 Å². The van der Waals surface area contributed by atoms with Gasteiger partial charge >= 0.3 is 0 Å². The van der Waals surface area contributed by atoms with Crippen molar-refractivity contribution >= 4 is 26.0 Å². The number of benzene rings is 1. The zero-order valence-corrected chi connectivity index (χ0v) is 18.1. The molecule has 1 aliphatic heterocycles. The quantitative estimate of drug-likeness (QED) is 0.763. The summed E-state index contributed by atoms with van der Waals surface area (Å²) in [5.41, 5.74) is -0.220. The van der Waals surface area contributed by atoms with Crippen LogP contribution in [0.5, 0.6) is 0 Å². The Kier molecular flexibility index (Phi) is 7.72. The smallest absolute Gasteiger partial charge is 0.265 e. The van der Waals surface area contributed by atoms with E-state index in [-0.39, 0.29) is 11.6 Å². The Balaban J connectivity index is 0.00000126. The second-order valence-corrected chi connectivity index (χ2v) is 8.67. The number of aromatic nitrogens is 2. The molecule has 2 heterocycles. The first-order chi connectivity index (χ1) is 12.9. The highest BCUT2D eigenvalue weighted by molar-refractivity contribution is 9.10. The van der Waals surface area contributed by atoms with Crippen LogP contribution in [0.4, 0.5) is 0 Å². The molecule has 1 saturated heterocycles. The minimum Gasteiger partial charge on any atom is -0.308 e. The van der Waals surface area contributed by atoms with E-state index in [1.165, 1.54) is 10.5 Å². The molecule has 0 aliphatic carbocycles. The molecule has 3 rings (SSSR count). The number of nitrogens with one attached hydrogen (secondary N) is 1. The van der Waals surface area contributed by atoms with Crippen LogP contribution in [0.1, 0.15) is 32.6 Å². The first-order valence-electron chi connectivity index (χ1n) is 8.93. The van der Waals surface area contributed by atoms with Crippen LogP contribution in [0, 0.1) is 0 Å². The molecule has 1 fully saturated rings. The summed E-state index contributed by atoms with van der Waals surface area (Å²) in [5, 5.41) is 0. The monoisotopic (exact) mass is 456 g/mol. The average molecular weight is 457 g/mol. The van der Waals surface area contributed by atoms with Crippen LogP contribution in [-0.4, -0.2) is 53.8 Å². The molecular formula is C18H25BrN4O3S. The van der Waals surface area contributed by atoms with Gasteiger partial charge in [-0.3, -0.25) is 9.69 Å². The van der Waals surface area contributed by atoms with E-state index in [9.17, 15) is 13.2 Å². The largest absolute Gasteiger partial charge is 0.308 e. The van der Waals surface area contributed by atoms with E-state index in [1.807, 2.05) is 20.8 Å². The molecule has 1 unspecified atom stereocenters. The number of sulfonamides is 1. The zero-order chi connectivity index (χ0) is 20.0. The predicted molar refractivity (Wildman–Crippen MR) is 109 cm³/mol. The third-order valence-corrected chi connectivity index (χ3v) is 6.85. The first kappa shape index (κ1) is 21.7. The van der Waals surface area contributed by atoms with Crippen LogP contribution in [0.3, 0.4) is 0 Å². The van der Waals surface area contributed by atoms with Crippen LogP contribution in [0.25, 0.3) is 0 Å². The van der Waals surface area contributed by atoms with Crippen LogP contribution >= 0.6 is 15.9 Å². The lowest BCUT2D eigenvalue weighted by Crippen LogP contribution is -2.49. The van der Waals surface area contributed by atoms with E-state index in [4.69, 9.17) is 0 Å². The first-order valence-corrected chi connectivity index (χ1v) is 11.2. The average Bonchev–Trinajstić information content (AvgIpc) is 2.72. The minimum absolute atomic E-state index is 0.0950. The fourth-order valence-electron chi connectivity index (χ4n) is 2.85. The van der Waals surface area contributed by atoms with Gasteiger partial charge in [-0.15, -0.1) is 0 Å². The maximum atomic E-state index is 12.7. The van der Waals surface area contributed by atoms with Crippen molar-refractivity contribution in [1.82, 2.24) is 19.2 Å². The fraction of sp³-hybridized carbons (Fsp3) is 0.444. The van der Waals surface area contributed by atoms with Crippen molar-refractivity contribution in [3.63, 3.8) is 0 Å². The standard InChI is InChI=1S/C16H19BrN4O3S.C2H6/c1-12(15-18-11-14(17)16(22)19-15)20-7-9-21(10-8-20)25(23,24)13-5-3-2-4-6-13;1-2/h2-6,11-12H,7-10H2,1H3,(H,18,19,22);1-2H3. The van der Waals surface area contributed by atoms with Crippen molar-refractivity contribution in [3.05, 3.63) is 57.2 Å². The molecule has 0 amide bonds. The summed E-state index contributed by atoms with van der Waals surface area (Å²) >= 11 is 3.13. The highest BCUT2D eigenvalue weighted by Crippen LogP contribution is 2.22. The Labute approximate surface area is 168 Å². The Morgan fingerprint density at radius 3 is 2.26 bits per heavy atom. The molecule has 2 aromatic rings. The molecule has 1 atom stereocenters. The van der Waals surface area contributed by atoms with Gasteiger partial charge in [0.2, 0.25) is 10.0 Å². The van der Waals surface area contributed by atoms with Gasteiger partial charge in [-0.25, -0.2) is 13.4 Å². The van der Waals surface area contributed by atoms with E-state index in [2.05, 4.69) is 30.8 Å². The summed E-state index contributed by atoms with van der Waals surface area (Å²) in [6.07, 6.45) is 1.49. The number of nitrogens with zero attached hydrogens (tertiary/aromatic N) is 3. The number of piperazine rings is 1. The summed E-state index contributed by atoms with van der Waals surface area (Å²) in [5.74, 6) is 0.576. The molecule has 27 heavy (non-hydrogen) atoms. The lowest BCUT2D eigenvalue weighted by molar-refractivity contribution is 0.141. The molecule has 0 bridgehead atoms. The number of halogens is 1. The number of hydrogen-bond acceptors (Lipinski definition) is 5. The second-order valence-electron chi connectivity index (χ2n) is 5.87. The van der Waals surface area contributed by atoms with Gasteiger partial charge in [-0.2, -0.15) is 4.31 Å². The lowest BCUT2D eigenvalue weighted by atomic mass is 10.2. The van der Waals surface area contributed by atoms with Gasteiger partial charge in [0, 0.05) is 32.4 Å². The molecule has 9 heteroatoms. The third-order valence-electron chi connectivity index (χ3n) is 4.37. The molecule has 148 valence electrons. The maximum Gasteiger partial charge on any atom is 0.265 e. The number of H-pyrrole nitrogens is 1. The molecule has 0 saturated carbocycles. The minimum atomic E-state index is -3.46. The molecule has 7 nitrogen and oxygen atoms in total. The van der Waals surface area contributed by atoms with E-state index in [0.717, 1.165) is 0 Å². The van der Waals surface area contributed by atoms with Crippen LogP contribution < -0.4 is 5.56 Å². The Hall–Kier alpha value is -1.55. The van der Waals surface area contributed by atoms with Gasteiger partial charge in [0.25, 0.3) is 5.56 Å². The van der Waals surface area contributed by atoms with Gasteiger partial charge in [-0.05, 0) is 35.0 Å². The van der Waals surface area contributed by atoms with Crippen molar-refractivity contribution in [3.8, 4) is 0 Å². The SMILES string of the molecule is CC.CC(c1ncc(Br)c(=O)[nH]1)N1CCN(S(=O)(=O)c2ccccc2)CC1. The molecule has 1 aliphatic rings. The zero-order valence-electron chi connectivity index (χ0n) is 15.7. The number of aromatic amines is 1. The normalized spacial score (nSPS) is 17.0. The summed E-state index contributed by atoms with van der Waals surface area (Å²) in [6, 6.07) is 8.37. The van der Waals surface area contributed by atoms with Crippen molar-refractivity contribution in [2.45, 2.75) is 31.7 Å². The van der Waals surface area contributed by atoms with E-state index in [1.54, 1.807) is 30.3 Å². The summed E-state index contributed by atoms with van der Waals surface area (Å²) in [4.78, 5) is 21.2. The highest BCUT2D eigenvalue weighted by atomic mass is 79.9. The van der Waals surface area contributed by atoms with Crippen molar-refractivity contribution in [2.75, 3.05) is 26.2 Å². The molecular weight excluding hydrogens is 432 g/mol. The van der Waals surface area contributed by atoms with Crippen molar-refractivity contribution in [2.24, 2.45) is 0 Å². The van der Waals surface area contributed by atoms with Crippen LogP contribution in [0.2, 0.25) is 0 Å². The van der Waals surface area contributed by atoms with E-state index < -0.39 is 10.0 Å². The Morgan fingerprint density at radius 1 is 1.11 bits per heavy atom. The topological polar surface area (TPSA) is 86.4 Å². The number of hydrogen-bond donors (Lipinski definition) is 1. The highest BCUT2D eigenvalue weighted by Gasteiger charge is 2.30. The van der Waals surface area contributed by atoms with Gasteiger partial charge in [0.1, 0.15) is 10.3 Å². The van der Waals surface area contributed by atoms with Gasteiger partial charge < -0.3 is 4.98 Å². The van der Waals surface area contributed by atoms with Gasteiger partial charge in [0.15, 0.2) is 0 Å². The van der Waals surface area contributed by atoms with Crippen LogP contribution in [-0.2, 0) is 10.0 Å². The van der Waals surface area contributed by atoms with Gasteiger partial charge in [-0.1, -0.05) is 32.0 Å². The molecule has 0 radical (unpaired) electrons. The lowest BCUT2D eigenvalue weighted by Gasteiger charge is -2.36. The van der Waals surface area contributed by atoms with E-state index >= 15 is 0 Å². The second kappa shape index (κ2) is 9.59. The third kappa shape index (κ3) is 5.04. The van der Waals surface area contributed by atoms with E-state index in [0.29, 0.717) is 41.4 Å². The summed E-state index contributed by atoms with van der Waals surface area (Å²) < 4.78 is 27.2. The number of rotatable bonds is 4. The molecule has 1 aromatic carbocycles. The summed E-state index contributed by atoms with van der Waals surface area (Å²) in [6.45, 7) is 7.91. The summed E-state index contributed by atoms with van der Waals surface area (Å²) in [7, 11) is -3.46. The predicted octanol–water partition coefficient (Wildman–Crippen LogP) is 2.63. The van der Waals surface area contributed by atoms with Crippen molar-refractivity contribution < 1.29 is 8.42 Å². The van der Waals surface area contributed by atoms with Gasteiger partial charge in [0.05, 0.1) is 10.9 Å². The maximum absolute atomic E-state index is 12.7. The molecule has 1 aromatic heterocycles. The molecule has 0 spiro atoms. The Morgan fingerprint density at radius 2 is 1.70 bits per heavy atom.